The van der Waals surface area contributed by atoms with Crippen LogP contribution in [0.2, 0.25) is 0 Å². The van der Waals surface area contributed by atoms with Crippen LogP contribution in [0.15, 0.2) is 0 Å². The minimum atomic E-state index is -0.978. The van der Waals surface area contributed by atoms with Gasteiger partial charge < -0.3 is 30.5 Å². The second-order valence-electron chi connectivity index (χ2n) is 15.9. The summed E-state index contributed by atoms with van der Waals surface area (Å²) in [4.78, 5) is 39.2. The van der Waals surface area contributed by atoms with Gasteiger partial charge in [-0.2, -0.15) is 0 Å². The molecule has 9 heteroatoms. The van der Waals surface area contributed by atoms with E-state index < -0.39 is 29.3 Å². The molecule has 9 nitrogen and oxygen atoms in total. The maximum Gasteiger partial charge on any atom is 0.315 e. The van der Waals surface area contributed by atoms with Crippen molar-refractivity contribution in [3.63, 3.8) is 0 Å². The van der Waals surface area contributed by atoms with Gasteiger partial charge in [-0.05, 0) is 38.5 Å². The van der Waals surface area contributed by atoms with Gasteiger partial charge in [0, 0.05) is 29.5 Å². The molecule has 0 aromatic heterocycles. The number of unbranched alkanes of at least 4 members (excludes halogenated alkanes) is 8. The molecule has 5 unspecified atom stereocenters. The molecule has 0 radical (unpaired) electrons. The molecule has 2 aliphatic rings. The molecular weight excluding hydrogens is 570 g/mol. The van der Waals surface area contributed by atoms with Crippen molar-refractivity contribution in [3.8, 4) is 0 Å². The summed E-state index contributed by atoms with van der Waals surface area (Å²) in [7, 11) is 0. The molecule has 4 N–H and O–H groups in total. The summed E-state index contributed by atoms with van der Waals surface area (Å²) in [5, 5.41) is 19.4. The van der Waals surface area contributed by atoms with Crippen LogP contribution in [-0.2, 0) is 19.1 Å². The number of aliphatic carboxylic acids is 1. The van der Waals surface area contributed by atoms with E-state index in [4.69, 9.17) is 9.47 Å². The fraction of sp³-hybridized carbons (Fsp3) is 0.917. The van der Waals surface area contributed by atoms with Crippen LogP contribution in [0.1, 0.15) is 158 Å². The molecule has 1 saturated heterocycles. The molecule has 45 heavy (non-hydrogen) atoms. The number of carbonyl (C=O) groups is 3. The average molecular weight is 638 g/mol. The molecule has 0 bridgehead atoms. The highest BCUT2D eigenvalue weighted by Crippen LogP contribution is 2.36. The van der Waals surface area contributed by atoms with Crippen LogP contribution in [0.3, 0.4) is 0 Å². The number of hydrogen-bond donors (Lipinski definition) is 4. The average Bonchev–Trinajstić information content (AvgIpc) is 3.17. The number of nitrogens with one attached hydrogen (secondary N) is 3. The number of urea groups is 1. The predicted octanol–water partition coefficient (Wildman–Crippen LogP) is 7.71. The Morgan fingerprint density at radius 2 is 1.47 bits per heavy atom. The third-order valence-corrected chi connectivity index (χ3v) is 9.71. The van der Waals surface area contributed by atoms with Gasteiger partial charge in [-0.3, -0.25) is 9.59 Å². The second kappa shape index (κ2) is 18.5. The van der Waals surface area contributed by atoms with Gasteiger partial charge in [0.15, 0.2) is 5.79 Å². The molecule has 1 saturated carbocycles. The molecular formula is C36H67N3O6. The van der Waals surface area contributed by atoms with E-state index >= 15 is 0 Å². The largest absolute Gasteiger partial charge is 0.481 e. The Kier molecular flexibility index (Phi) is 16.1. The Hall–Kier alpha value is -1.87. The van der Waals surface area contributed by atoms with Crippen molar-refractivity contribution >= 4 is 17.9 Å². The lowest BCUT2D eigenvalue weighted by atomic mass is 9.82. The number of rotatable bonds is 17. The Labute approximate surface area is 274 Å². The van der Waals surface area contributed by atoms with Crippen molar-refractivity contribution in [3.05, 3.63) is 0 Å². The smallest absolute Gasteiger partial charge is 0.315 e. The van der Waals surface area contributed by atoms with E-state index in [0.29, 0.717) is 6.61 Å². The molecule has 0 aromatic carbocycles. The number of carbonyl (C=O) groups excluding carboxylic acids is 2. The van der Waals surface area contributed by atoms with E-state index in [2.05, 4.69) is 43.6 Å². The van der Waals surface area contributed by atoms with Crippen molar-refractivity contribution < 1.29 is 29.0 Å². The zero-order chi connectivity index (χ0) is 33.7. The van der Waals surface area contributed by atoms with Gasteiger partial charge in [-0.25, -0.2) is 4.79 Å². The fourth-order valence-electron chi connectivity index (χ4n) is 6.82. The molecule has 3 amide bonds. The summed E-state index contributed by atoms with van der Waals surface area (Å²) in [6.45, 7) is 16.5. The minimum Gasteiger partial charge on any atom is -0.481 e. The Morgan fingerprint density at radius 3 is 2.07 bits per heavy atom. The summed E-state index contributed by atoms with van der Waals surface area (Å²) in [5.74, 6) is -2.43. The van der Waals surface area contributed by atoms with Gasteiger partial charge in [0.25, 0.3) is 0 Å². The highest BCUT2D eigenvalue weighted by Gasteiger charge is 2.47. The van der Waals surface area contributed by atoms with Gasteiger partial charge in [-0.15, -0.1) is 0 Å². The summed E-state index contributed by atoms with van der Waals surface area (Å²) in [6, 6.07) is -1.06. The second-order valence-corrected chi connectivity index (χ2v) is 15.9. The lowest BCUT2D eigenvalue weighted by Gasteiger charge is -2.45. The lowest BCUT2D eigenvalue weighted by Crippen LogP contribution is -2.60. The summed E-state index contributed by atoms with van der Waals surface area (Å²) >= 11 is 0. The summed E-state index contributed by atoms with van der Waals surface area (Å²) in [6.07, 6.45) is 15.7. The summed E-state index contributed by atoms with van der Waals surface area (Å²) < 4.78 is 11.8. The van der Waals surface area contributed by atoms with E-state index in [9.17, 15) is 19.5 Å². The highest BCUT2D eigenvalue weighted by atomic mass is 16.7. The number of carboxylic acids is 1. The molecule has 1 aliphatic carbocycles. The first-order valence-electron chi connectivity index (χ1n) is 18.0. The monoisotopic (exact) mass is 638 g/mol. The Bertz CT molecular complexity index is 915. The van der Waals surface area contributed by atoms with E-state index in [1.54, 1.807) is 13.8 Å². The summed E-state index contributed by atoms with van der Waals surface area (Å²) in [5.41, 5.74) is -0.671. The number of hydrogen-bond acceptors (Lipinski definition) is 5. The van der Waals surface area contributed by atoms with Crippen LogP contribution in [-0.4, -0.2) is 59.6 Å². The molecule has 1 aliphatic heterocycles. The van der Waals surface area contributed by atoms with Crippen molar-refractivity contribution in [1.29, 1.82) is 0 Å². The van der Waals surface area contributed by atoms with Gasteiger partial charge in [-0.1, -0.05) is 119 Å². The van der Waals surface area contributed by atoms with E-state index in [0.717, 1.165) is 44.9 Å². The number of carboxylic acid groups (broad SMARTS) is 1. The first kappa shape index (κ1) is 39.3. The maximum atomic E-state index is 13.6. The van der Waals surface area contributed by atoms with Crippen LogP contribution in [0.5, 0.6) is 0 Å². The van der Waals surface area contributed by atoms with Crippen LogP contribution in [0.4, 0.5) is 4.79 Å². The van der Waals surface area contributed by atoms with Crippen molar-refractivity contribution in [2.24, 2.45) is 16.7 Å². The van der Waals surface area contributed by atoms with Crippen molar-refractivity contribution in [1.82, 2.24) is 16.0 Å². The van der Waals surface area contributed by atoms with E-state index in [1.807, 2.05) is 13.8 Å². The van der Waals surface area contributed by atoms with Crippen molar-refractivity contribution in [2.45, 2.75) is 188 Å². The topological polar surface area (TPSA) is 126 Å². The number of ether oxygens (including phenoxy) is 2. The Balaban J connectivity index is 2.05. The predicted molar refractivity (Wildman–Crippen MR) is 180 cm³/mol. The zero-order valence-corrected chi connectivity index (χ0v) is 29.9. The van der Waals surface area contributed by atoms with Gasteiger partial charge in [0.1, 0.15) is 6.10 Å². The molecule has 2 fully saturated rings. The molecule has 5 atom stereocenters. The van der Waals surface area contributed by atoms with Gasteiger partial charge in [0.05, 0.1) is 13.0 Å². The zero-order valence-electron chi connectivity index (χ0n) is 29.9. The first-order chi connectivity index (χ1) is 21.1. The van der Waals surface area contributed by atoms with Crippen LogP contribution >= 0.6 is 0 Å². The Morgan fingerprint density at radius 1 is 0.867 bits per heavy atom. The molecule has 262 valence electrons. The van der Waals surface area contributed by atoms with Gasteiger partial charge in [0.2, 0.25) is 5.91 Å². The van der Waals surface area contributed by atoms with E-state index in [-0.39, 0.29) is 41.8 Å². The third kappa shape index (κ3) is 14.2. The molecule has 1 heterocycles. The standard InChI is InChI=1S/C36H67N3O6/c1-9-10-11-12-13-14-15-16-20-23-29(34(2,3)4)39-33(43)38-27-22-19-17-18-21-26(27)28(24-30(40)41)37-32(42)31-35(5,6)25-44-36(7,8)45-31/h26-29,31H,9-25H2,1-8H3,(H,37,42)(H,40,41)(H2,38,39,43). The quantitative estimate of drug-likeness (QED) is 0.0956. The highest BCUT2D eigenvalue weighted by molar-refractivity contribution is 5.83. The van der Waals surface area contributed by atoms with Gasteiger partial charge >= 0.3 is 12.0 Å². The molecule has 0 aromatic rings. The third-order valence-electron chi connectivity index (χ3n) is 9.71. The molecule has 2 rings (SSSR count). The maximum absolute atomic E-state index is 13.6. The normalized spacial score (nSPS) is 24.6. The van der Waals surface area contributed by atoms with E-state index in [1.165, 1.54) is 51.4 Å². The van der Waals surface area contributed by atoms with Crippen LogP contribution in [0, 0.1) is 16.7 Å². The van der Waals surface area contributed by atoms with Crippen LogP contribution < -0.4 is 16.0 Å². The lowest BCUT2D eigenvalue weighted by molar-refractivity contribution is -0.304. The number of amides is 3. The molecule has 0 spiro atoms. The SMILES string of the molecule is CCCCCCCCCCCC(NC(=O)NC1CCCCCC1C(CC(=O)O)NC(=O)C1OC(C)(C)OCC1(C)C)C(C)(C)C. The van der Waals surface area contributed by atoms with Crippen LogP contribution in [0.25, 0.3) is 0 Å². The first-order valence-corrected chi connectivity index (χ1v) is 18.0. The van der Waals surface area contributed by atoms with Crippen molar-refractivity contribution in [2.75, 3.05) is 6.61 Å². The fourth-order valence-corrected chi connectivity index (χ4v) is 6.82. The minimum absolute atomic E-state index is 0.0251.